The van der Waals surface area contributed by atoms with Crippen molar-refractivity contribution >= 4 is 16.9 Å². The van der Waals surface area contributed by atoms with Gasteiger partial charge in [-0.3, -0.25) is 4.99 Å². The molecule has 0 aliphatic rings. The van der Waals surface area contributed by atoms with Crippen molar-refractivity contribution in [2.45, 2.75) is 33.7 Å². The summed E-state index contributed by atoms with van der Waals surface area (Å²) >= 11 is 0. The molecule has 0 fully saturated rings. The Kier molecular flexibility index (Phi) is 5.40. The summed E-state index contributed by atoms with van der Waals surface area (Å²) in [6.45, 7) is 9.65. The van der Waals surface area contributed by atoms with Gasteiger partial charge in [0.25, 0.3) is 0 Å². The van der Waals surface area contributed by atoms with Crippen LogP contribution in [-0.2, 0) is 0 Å². The zero-order valence-corrected chi connectivity index (χ0v) is 16.3. The largest absolute Gasteiger partial charge is 0.367 e. The molecule has 4 nitrogen and oxygen atoms in total. The Morgan fingerprint density at radius 3 is 2.42 bits per heavy atom. The molecule has 4 heteroatoms. The number of hydrogen-bond donors (Lipinski definition) is 1. The fourth-order valence-corrected chi connectivity index (χ4v) is 3.38. The quantitative estimate of drug-likeness (QED) is 0.735. The molecule has 1 atom stereocenters. The van der Waals surface area contributed by atoms with Crippen molar-refractivity contribution in [3.63, 3.8) is 0 Å². The van der Waals surface area contributed by atoms with Gasteiger partial charge in [-0.05, 0) is 43.0 Å². The summed E-state index contributed by atoms with van der Waals surface area (Å²) in [5.41, 5.74) is 5.55. The van der Waals surface area contributed by atoms with Gasteiger partial charge in [-0.25, -0.2) is 4.98 Å². The molecule has 0 aliphatic heterocycles. The maximum Gasteiger partial charge on any atom is 0.172 e. The van der Waals surface area contributed by atoms with Crippen molar-refractivity contribution in [2.24, 2.45) is 10.9 Å². The van der Waals surface area contributed by atoms with Crippen molar-refractivity contribution in [1.29, 1.82) is 0 Å². The molecule has 0 bridgehead atoms. The van der Waals surface area contributed by atoms with Gasteiger partial charge in [0.2, 0.25) is 0 Å². The van der Waals surface area contributed by atoms with Crippen LogP contribution in [0.4, 0.5) is 5.82 Å². The van der Waals surface area contributed by atoms with Crippen molar-refractivity contribution in [1.82, 2.24) is 9.55 Å². The zero-order chi connectivity index (χ0) is 18.7. The van der Waals surface area contributed by atoms with E-state index in [9.17, 15) is 0 Å². The summed E-state index contributed by atoms with van der Waals surface area (Å²) in [5.74, 6) is 1.38. The average Bonchev–Trinajstić information content (AvgIpc) is 2.64. The van der Waals surface area contributed by atoms with Crippen LogP contribution in [-0.4, -0.2) is 23.1 Å². The van der Waals surface area contributed by atoms with Crippen LogP contribution in [0.5, 0.6) is 0 Å². The molecule has 0 spiro atoms. The smallest absolute Gasteiger partial charge is 0.172 e. The second-order valence-corrected chi connectivity index (χ2v) is 7.17. The molecule has 1 aromatic heterocycles. The number of aryl methyl sites for hydroxylation is 1. The van der Waals surface area contributed by atoms with E-state index in [0.29, 0.717) is 5.92 Å². The van der Waals surface area contributed by atoms with Gasteiger partial charge in [-0.1, -0.05) is 50.2 Å². The van der Waals surface area contributed by atoms with Gasteiger partial charge in [-0.15, -0.1) is 0 Å². The van der Waals surface area contributed by atoms with E-state index in [1.54, 1.807) is 0 Å². The van der Waals surface area contributed by atoms with E-state index in [0.717, 1.165) is 28.9 Å². The zero-order valence-electron chi connectivity index (χ0n) is 16.3. The van der Waals surface area contributed by atoms with Crippen LogP contribution < -0.4 is 10.8 Å². The number of para-hydroxylation sites is 2. The van der Waals surface area contributed by atoms with Crippen molar-refractivity contribution < 1.29 is 0 Å². The summed E-state index contributed by atoms with van der Waals surface area (Å²) in [6, 6.07) is 17.0. The lowest BCUT2D eigenvalue weighted by Gasteiger charge is -2.23. The second-order valence-electron chi connectivity index (χ2n) is 7.17. The Bertz CT molecular complexity index is 969. The Morgan fingerprint density at radius 2 is 1.73 bits per heavy atom. The molecule has 0 saturated heterocycles. The van der Waals surface area contributed by atoms with Gasteiger partial charge >= 0.3 is 0 Å². The molecular weight excluding hydrogens is 320 g/mol. The topological polar surface area (TPSA) is 42.2 Å². The maximum absolute atomic E-state index is 4.85. The van der Waals surface area contributed by atoms with E-state index in [-0.39, 0.29) is 6.04 Å². The minimum atomic E-state index is 0.155. The second kappa shape index (κ2) is 7.73. The Balaban J connectivity index is 2.27. The summed E-state index contributed by atoms with van der Waals surface area (Å²) < 4.78 is 2.30. The number of nitrogens with zero attached hydrogens (tertiary/aromatic N) is 3. The molecule has 2 aromatic carbocycles. The Labute approximate surface area is 155 Å². The number of rotatable bonds is 5. The van der Waals surface area contributed by atoms with Gasteiger partial charge in [0, 0.05) is 13.6 Å². The summed E-state index contributed by atoms with van der Waals surface area (Å²) in [6.07, 6.45) is 0. The lowest BCUT2D eigenvalue weighted by Crippen LogP contribution is -2.30. The monoisotopic (exact) mass is 348 g/mol. The van der Waals surface area contributed by atoms with Gasteiger partial charge in [0.05, 0.1) is 17.1 Å². The molecule has 3 rings (SSSR count). The van der Waals surface area contributed by atoms with Crippen LogP contribution in [0, 0.1) is 12.8 Å². The first-order valence-corrected chi connectivity index (χ1v) is 9.26. The number of anilines is 1. The minimum absolute atomic E-state index is 0.155. The molecule has 0 amide bonds. The third-order valence-electron chi connectivity index (χ3n) is 4.73. The molecule has 1 N–H and O–H groups in total. The number of aromatic nitrogens is 2. The molecule has 0 aliphatic carbocycles. The maximum atomic E-state index is 4.85. The summed E-state index contributed by atoms with van der Waals surface area (Å²) in [4.78, 5) is 9.46. The van der Waals surface area contributed by atoms with Crippen LogP contribution in [0.3, 0.4) is 0 Å². The third-order valence-corrected chi connectivity index (χ3v) is 4.73. The van der Waals surface area contributed by atoms with Gasteiger partial charge in [0.1, 0.15) is 0 Å². The fourth-order valence-electron chi connectivity index (χ4n) is 3.38. The molecule has 26 heavy (non-hydrogen) atoms. The lowest BCUT2D eigenvalue weighted by molar-refractivity contribution is 0.619. The normalized spacial score (nSPS) is 13.4. The predicted molar refractivity (Wildman–Crippen MR) is 110 cm³/mol. The number of fused-ring (bicyclic) bond motifs is 1. The van der Waals surface area contributed by atoms with E-state index in [1.807, 2.05) is 13.1 Å². The average molecular weight is 348 g/mol. The molecule has 1 heterocycles. The van der Waals surface area contributed by atoms with Crippen LogP contribution in [0.1, 0.15) is 37.9 Å². The van der Waals surface area contributed by atoms with Crippen molar-refractivity contribution in [2.75, 3.05) is 18.9 Å². The molecule has 1 unspecified atom stereocenters. The third kappa shape index (κ3) is 3.50. The molecule has 0 saturated carbocycles. The molecular formula is C22H28N4. The standard InChI is InChI=1S/C22H28N4/c1-15(2)14-24-21-22(23-5)26(20-13-9-8-12-19(20)25-21)17(4)18-11-7-6-10-16(18)3/h6-13,15,17H,14H2,1-5H3,(H,24,25). The van der Waals surface area contributed by atoms with E-state index in [1.165, 1.54) is 11.1 Å². The first-order chi connectivity index (χ1) is 12.5. The highest BCUT2D eigenvalue weighted by atomic mass is 15.1. The predicted octanol–water partition coefficient (Wildman–Crippen LogP) is 4.55. The molecule has 3 aromatic rings. The van der Waals surface area contributed by atoms with E-state index in [2.05, 4.69) is 85.0 Å². The van der Waals surface area contributed by atoms with E-state index < -0.39 is 0 Å². The minimum Gasteiger partial charge on any atom is -0.367 e. The SMILES string of the molecule is CN=c1c(NCC(C)C)nc2ccccc2n1C(C)c1ccccc1C. The summed E-state index contributed by atoms with van der Waals surface area (Å²) in [5, 5.41) is 3.49. The molecule has 0 radical (unpaired) electrons. The lowest BCUT2D eigenvalue weighted by atomic mass is 10.0. The fraction of sp³-hybridized carbons (Fsp3) is 0.364. The van der Waals surface area contributed by atoms with Gasteiger partial charge in [-0.2, -0.15) is 0 Å². The first kappa shape index (κ1) is 18.2. The van der Waals surface area contributed by atoms with Crippen LogP contribution >= 0.6 is 0 Å². The van der Waals surface area contributed by atoms with Crippen LogP contribution in [0.25, 0.3) is 11.0 Å². The van der Waals surface area contributed by atoms with Gasteiger partial charge in [0.15, 0.2) is 11.3 Å². The van der Waals surface area contributed by atoms with Crippen molar-refractivity contribution in [3.8, 4) is 0 Å². The highest BCUT2D eigenvalue weighted by Crippen LogP contribution is 2.24. The Morgan fingerprint density at radius 1 is 1.04 bits per heavy atom. The summed E-state index contributed by atoms with van der Waals surface area (Å²) in [7, 11) is 1.84. The number of nitrogens with one attached hydrogen (secondary N) is 1. The van der Waals surface area contributed by atoms with E-state index in [4.69, 9.17) is 4.98 Å². The Hall–Kier alpha value is -2.62. The molecule has 136 valence electrons. The van der Waals surface area contributed by atoms with Crippen LogP contribution in [0.2, 0.25) is 0 Å². The van der Waals surface area contributed by atoms with Gasteiger partial charge < -0.3 is 9.88 Å². The number of benzene rings is 2. The van der Waals surface area contributed by atoms with Crippen molar-refractivity contribution in [3.05, 3.63) is 65.1 Å². The van der Waals surface area contributed by atoms with E-state index >= 15 is 0 Å². The first-order valence-electron chi connectivity index (χ1n) is 9.26. The van der Waals surface area contributed by atoms with Crippen LogP contribution in [0.15, 0.2) is 53.5 Å². The highest BCUT2D eigenvalue weighted by molar-refractivity contribution is 5.76. The highest BCUT2D eigenvalue weighted by Gasteiger charge is 2.17. The number of hydrogen-bond acceptors (Lipinski definition) is 3.